The lowest BCUT2D eigenvalue weighted by Crippen LogP contribution is -2.04. The molecule has 3 heterocycles. The number of aryl methyl sites for hydroxylation is 2. The van der Waals surface area contributed by atoms with Crippen LogP contribution in [0.4, 0.5) is 0 Å². The Bertz CT molecular complexity index is 894. The number of nitrogens with zero attached hydrogens (tertiary/aromatic N) is 3. The Balaban J connectivity index is 2.04. The number of nitrogens with one attached hydrogen (secondary N) is 1. The standard InChI is InChI=1S/C18H20N4O3/c1-10-6-11(2)20-13(10)7-15-16(23-3)8-14(21-15)12-9-19-18(25-5)22-17(12)24-4/h6-9,20H,1-5H3. The van der Waals surface area contributed by atoms with Crippen molar-refractivity contribution in [3.63, 3.8) is 0 Å². The molecule has 1 N–H and O–H groups in total. The number of allylic oxidation sites excluding steroid dienone is 1. The molecule has 0 atom stereocenters. The van der Waals surface area contributed by atoms with Crippen LogP contribution in [-0.2, 0) is 4.74 Å². The van der Waals surface area contributed by atoms with Crippen LogP contribution in [-0.4, -0.2) is 42.0 Å². The minimum Gasteiger partial charge on any atom is -0.494 e. The van der Waals surface area contributed by atoms with Gasteiger partial charge in [-0.1, -0.05) is 0 Å². The lowest BCUT2D eigenvalue weighted by molar-refractivity contribution is 0.303. The van der Waals surface area contributed by atoms with E-state index in [-0.39, 0.29) is 6.01 Å². The summed E-state index contributed by atoms with van der Waals surface area (Å²) in [4.78, 5) is 16.3. The summed E-state index contributed by atoms with van der Waals surface area (Å²) in [5.74, 6) is 1.06. The first kappa shape index (κ1) is 16.8. The lowest BCUT2D eigenvalue weighted by Gasteiger charge is -2.06. The Labute approximate surface area is 146 Å². The number of aromatic amines is 1. The molecule has 0 fully saturated rings. The zero-order valence-corrected chi connectivity index (χ0v) is 14.9. The summed E-state index contributed by atoms with van der Waals surface area (Å²) >= 11 is 0. The molecule has 0 saturated carbocycles. The van der Waals surface area contributed by atoms with Gasteiger partial charge in [-0.25, -0.2) is 9.98 Å². The number of aliphatic imine (C=N–C) groups is 1. The second kappa shape index (κ2) is 6.80. The molecular weight excluding hydrogens is 320 g/mol. The molecule has 2 aromatic heterocycles. The van der Waals surface area contributed by atoms with E-state index in [1.165, 1.54) is 7.11 Å². The van der Waals surface area contributed by atoms with E-state index in [4.69, 9.17) is 14.2 Å². The summed E-state index contributed by atoms with van der Waals surface area (Å²) in [5, 5.41) is 0. The van der Waals surface area contributed by atoms with Crippen LogP contribution in [0.3, 0.4) is 0 Å². The monoisotopic (exact) mass is 340 g/mol. The number of H-pyrrole nitrogens is 1. The van der Waals surface area contributed by atoms with Gasteiger partial charge in [0.15, 0.2) is 0 Å². The van der Waals surface area contributed by atoms with Gasteiger partial charge in [0.1, 0.15) is 11.5 Å². The molecule has 0 bridgehead atoms. The molecule has 0 radical (unpaired) electrons. The first-order valence-electron chi connectivity index (χ1n) is 7.73. The number of hydrogen-bond acceptors (Lipinski definition) is 6. The quantitative estimate of drug-likeness (QED) is 0.905. The lowest BCUT2D eigenvalue weighted by atomic mass is 10.2. The van der Waals surface area contributed by atoms with E-state index >= 15 is 0 Å². The molecule has 1 aliphatic rings. The zero-order chi connectivity index (χ0) is 18.0. The van der Waals surface area contributed by atoms with Crippen LogP contribution in [0.2, 0.25) is 0 Å². The van der Waals surface area contributed by atoms with E-state index in [9.17, 15) is 0 Å². The van der Waals surface area contributed by atoms with E-state index in [2.05, 4.69) is 26.0 Å². The van der Waals surface area contributed by atoms with E-state index in [0.717, 1.165) is 22.6 Å². The summed E-state index contributed by atoms with van der Waals surface area (Å²) in [7, 11) is 4.67. The van der Waals surface area contributed by atoms with Gasteiger partial charge in [-0.05, 0) is 31.6 Å². The number of ether oxygens (including phenoxy) is 3. The predicted octanol–water partition coefficient (Wildman–Crippen LogP) is 2.81. The van der Waals surface area contributed by atoms with Gasteiger partial charge in [0.25, 0.3) is 0 Å². The number of hydrogen-bond donors (Lipinski definition) is 1. The Morgan fingerprint density at radius 3 is 2.48 bits per heavy atom. The Morgan fingerprint density at radius 2 is 1.88 bits per heavy atom. The molecule has 3 rings (SSSR count). The third kappa shape index (κ3) is 3.26. The summed E-state index contributed by atoms with van der Waals surface area (Å²) in [6.07, 6.45) is 5.42. The normalized spacial score (nSPS) is 15.2. The molecule has 25 heavy (non-hydrogen) atoms. The summed E-state index contributed by atoms with van der Waals surface area (Å²) in [6.45, 7) is 4.07. The maximum absolute atomic E-state index is 5.47. The highest BCUT2D eigenvalue weighted by molar-refractivity contribution is 6.13. The Kier molecular flexibility index (Phi) is 4.56. The van der Waals surface area contributed by atoms with Crippen molar-refractivity contribution in [2.24, 2.45) is 4.99 Å². The fourth-order valence-corrected chi connectivity index (χ4v) is 2.64. The highest BCUT2D eigenvalue weighted by Gasteiger charge is 2.21. The smallest absolute Gasteiger partial charge is 0.319 e. The minimum absolute atomic E-state index is 0.239. The van der Waals surface area contributed by atoms with Crippen molar-refractivity contribution in [1.82, 2.24) is 15.0 Å². The Hall–Kier alpha value is -3.09. The van der Waals surface area contributed by atoms with E-state index in [1.54, 1.807) is 20.4 Å². The fourth-order valence-electron chi connectivity index (χ4n) is 2.64. The van der Waals surface area contributed by atoms with Crippen molar-refractivity contribution in [3.8, 4) is 11.9 Å². The van der Waals surface area contributed by atoms with Gasteiger partial charge in [0.2, 0.25) is 5.88 Å². The van der Waals surface area contributed by atoms with Gasteiger partial charge in [0, 0.05) is 23.7 Å². The van der Waals surface area contributed by atoms with Crippen molar-refractivity contribution >= 4 is 11.8 Å². The SMILES string of the molecule is COC1=CC(c2cnc(OC)nc2OC)=NC1=Cc1[nH]c(C)cc1C. The highest BCUT2D eigenvalue weighted by Crippen LogP contribution is 2.28. The van der Waals surface area contributed by atoms with Crippen LogP contribution in [0, 0.1) is 13.8 Å². The van der Waals surface area contributed by atoms with Gasteiger partial charge in [-0.15, -0.1) is 0 Å². The molecule has 7 heteroatoms. The van der Waals surface area contributed by atoms with Crippen LogP contribution >= 0.6 is 0 Å². The highest BCUT2D eigenvalue weighted by atomic mass is 16.5. The van der Waals surface area contributed by atoms with Crippen molar-refractivity contribution in [2.75, 3.05) is 21.3 Å². The number of methoxy groups -OCH3 is 3. The van der Waals surface area contributed by atoms with E-state index < -0.39 is 0 Å². The molecule has 130 valence electrons. The third-order valence-electron chi connectivity index (χ3n) is 3.84. The summed E-state index contributed by atoms with van der Waals surface area (Å²) < 4.78 is 15.8. The molecule has 1 aliphatic heterocycles. The second-order valence-electron chi connectivity index (χ2n) is 5.57. The van der Waals surface area contributed by atoms with Crippen LogP contribution in [0.25, 0.3) is 6.08 Å². The first-order chi connectivity index (χ1) is 12.0. The van der Waals surface area contributed by atoms with Crippen molar-refractivity contribution < 1.29 is 14.2 Å². The molecule has 0 amide bonds. The molecule has 0 unspecified atom stereocenters. The van der Waals surface area contributed by atoms with Gasteiger partial charge >= 0.3 is 6.01 Å². The third-order valence-corrected chi connectivity index (χ3v) is 3.84. The minimum atomic E-state index is 0.239. The van der Waals surface area contributed by atoms with E-state index in [1.807, 2.05) is 26.0 Å². The maximum atomic E-state index is 5.47. The molecule has 0 saturated heterocycles. The average Bonchev–Trinajstić information content (AvgIpc) is 3.16. The van der Waals surface area contributed by atoms with Gasteiger partial charge in [-0.2, -0.15) is 4.98 Å². The summed E-state index contributed by atoms with van der Waals surface area (Å²) in [6, 6.07) is 2.33. The predicted molar refractivity (Wildman–Crippen MR) is 95.0 cm³/mol. The average molecular weight is 340 g/mol. The molecule has 0 aromatic carbocycles. The molecule has 2 aromatic rings. The van der Waals surface area contributed by atoms with Crippen molar-refractivity contribution in [1.29, 1.82) is 0 Å². The van der Waals surface area contributed by atoms with Gasteiger partial charge < -0.3 is 19.2 Å². The van der Waals surface area contributed by atoms with E-state index in [0.29, 0.717) is 22.9 Å². The van der Waals surface area contributed by atoms with Crippen molar-refractivity contribution in [2.45, 2.75) is 13.8 Å². The zero-order valence-electron chi connectivity index (χ0n) is 14.9. The number of aromatic nitrogens is 3. The second-order valence-corrected chi connectivity index (χ2v) is 5.57. The molecular formula is C18H20N4O3. The fraction of sp³-hybridized carbons (Fsp3) is 0.278. The first-order valence-corrected chi connectivity index (χ1v) is 7.73. The largest absolute Gasteiger partial charge is 0.494 e. The van der Waals surface area contributed by atoms with Crippen LogP contribution in [0.15, 0.2) is 34.8 Å². The maximum Gasteiger partial charge on any atom is 0.319 e. The van der Waals surface area contributed by atoms with Gasteiger partial charge in [0.05, 0.1) is 32.6 Å². The van der Waals surface area contributed by atoms with Crippen molar-refractivity contribution in [3.05, 3.63) is 52.3 Å². The summed E-state index contributed by atoms with van der Waals surface area (Å²) in [5.41, 5.74) is 5.30. The topological polar surface area (TPSA) is 81.6 Å². The van der Waals surface area contributed by atoms with Crippen LogP contribution in [0.5, 0.6) is 11.9 Å². The molecule has 0 spiro atoms. The van der Waals surface area contributed by atoms with Gasteiger partial charge in [-0.3, -0.25) is 0 Å². The number of rotatable bonds is 5. The Morgan fingerprint density at radius 1 is 1.08 bits per heavy atom. The van der Waals surface area contributed by atoms with Crippen LogP contribution < -0.4 is 9.47 Å². The molecule has 0 aliphatic carbocycles. The molecule has 7 nitrogen and oxygen atoms in total. The van der Waals surface area contributed by atoms with Crippen LogP contribution in [0.1, 0.15) is 22.5 Å².